The number of carbonyl (C=O) groups is 3. The zero-order valence-electron chi connectivity index (χ0n) is 26.6. The minimum absolute atomic E-state index is 0.0483. The number of hydrogen-bond donors (Lipinski definition) is 1. The van der Waals surface area contributed by atoms with Crippen molar-refractivity contribution < 1.29 is 38.2 Å². The molecule has 11 heteroatoms. The van der Waals surface area contributed by atoms with Gasteiger partial charge in [0.15, 0.2) is 17.9 Å². The Morgan fingerprint density at radius 1 is 1.16 bits per heavy atom. The standard InChI is InChI=1S/C34H43BrFNO7S/c1-6-29(40)42-19-27(39)34(44-30(41)7-2)20(3)16-25-24-10-8-21-17-22(37-43-15-13-23-9-11-28(35)45-23)12-14-31(21,4)33(24,36)26(38)18-32(25,34)5/h9,11-12,14,17,20,24-26,38H,6-8,10,13,15-16,18-19H2,1-5H3/t20-,24-,25-,26-,31-,32-,33-,34-/m0/s1. The van der Waals surface area contributed by atoms with Crippen molar-refractivity contribution in [1.82, 2.24) is 0 Å². The van der Waals surface area contributed by atoms with E-state index in [0.29, 0.717) is 31.6 Å². The van der Waals surface area contributed by atoms with Crippen molar-refractivity contribution in [3.05, 3.63) is 44.6 Å². The molecule has 45 heavy (non-hydrogen) atoms. The summed E-state index contributed by atoms with van der Waals surface area (Å²) >= 11 is 5.11. The Bertz CT molecular complexity index is 1440. The second-order valence-corrected chi connectivity index (χ2v) is 15.9. The van der Waals surface area contributed by atoms with Gasteiger partial charge in [0.25, 0.3) is 0 Å². The molecule has 1 heterocycles. The number of ether oxygens (including phenoxy) is 2. The molecule has 0 aromatic carbocycles. The second kappa shape index (κ2) is 12.7. The average Bonchev–Trinajstić information content (AvgIpc) is 3.52. The Balaban J connectivity index is 1.42. The fourth-order valence-corrected chi connectivity index (χ4v) is 10.3. The number of esters is 2. The van der Waals surface area contributed by atoms with Crippen molar-refractivity contribution in [3.8, 4) is 0 Å². The first-order chi connectivity index (χ1) is 21.3. The van der Waals surface area contributed by atoms with Crippen LogP contribution in [0.3, 0.4) is 0 Å². The van der Waals surface area contributed by atoms with Gasteiger partial charge < -0.3 is 19.4 Å². The van der Waals surface area contributed by atoms with E-state index >= 15 is 4.39 Å². The molecule has 3 saturated carbocycles. The van der Waals surface area contributed by atoms with Crippen LogP contribution < -0.4 is 0 Å². The molecule has 1 aromatic rings. The van der Waals surface area contributed by atoms with Gasteiger partial charge in [0, 0.05) is 46.8 Å². The third-order valence-electron chi connectivity index (χ3n) is 11.1. The Labute approximate surface area is 276 Å². The number of nitrogens with zero attached hydrogens (tertiary/aromatic N) is 1. The zero-order valence-corrected chi connectivity index (χ0v) is 29.0. The monoisotopic (exact) mass is 707 g/mol. The fourth-order valence-electron chi connectivity index (χ4n) is 8.83. The number of alkyl halides is 1. The number of ketones is 1. The van der Waals surface area contributed by atoms with Crippen molar-refractivity contribution in [2.75, 3.05) is 13.2 Å². The number of carbonyl (C=O) groups excluding carboxylic acids is 3. The van der Waals surface area contributed by atoms with Gasteiger partial charge in [-0.1, -0.05) is 44.5 Å². The van der Waals surface area contributed by atoms with Crippen molar-refractivity contribution in [2.45, 2.75) is 96.9 Å². The summed E-state index contributed by atoms with van der Waals surface area (Å²) in [6, 6.07) is 4.04. The van der Waals surface area contributed by atoms with Gasteiger partial charge >= 0.3 is 11.9 Å². The van der Waals surface area contributed by atoms with E-state index in [0.717, 1.165) is 15.8 Å². The molecule has 8 atom stereocenters. The SMILES string of the molecule is CCC(=O)OCC(=O)[C@@]1(OC(=O)CC)[C@@H](C)C[C@H]2[C@@H]3CCC4=CC(=NOCCc5ccc(Br)s5)C=C[C@]4(C)[C@@]3(F)[C@@H](O)C[C@@]21C. The van der Waals surface area contributed by atoms with Gasteiger partial charge in [0.05, 0.1) is 9.89 Å². The van der Waals surface area contributed by atoms with Crippen LogP contribution >= 0.6 is 27.3 Å². The molecule has 0 saturated heterocycles. The molecule has 0 aliphatic heterocycles. The summed E-state index contributed by atoms with van der Waals surface area (Å²) in [7, 11) is 0. The zero-order chi connectivity index (χ0) is 32.8. The summed E-state index contributed by atoms with van der Waals surface area (Å²) in [6.45, 7) is 8.67. The predicted molar refractivity (Wildman–Crippen MR) is 172 cm³/mol. The largest absolute Gasteiger partial charge is 0.457 e. The number of allylic oxidation sites excluding steroid dienone is 4. The number of fused-ring (bicyclic) bond motifs is 5. The number of rotatable bonds is 10. The van der Waals surface area contributed by atoms with E-state index in [9.17, 15) is 19.5 Å². The average molecular weight is 709 g/mol. The summed E-state index contributed by atoms with van der Waals surface area (Å²) < 4.78 is 30.3. The van der Waals surface area contributed by atoms with Crippen LogP contribution in [0.4, 0.5) is 4.39 Å². The van der Waals surface area contributed by atoms with E-state index in [4.69, 9.17) is 14.3 Å². The molecule has 0 radical (unpaired) electrons. The minimum atomic E-state index is -2.03. The van der Waals surface area contributed by atoms with E-state index in [1.54, 1.807) is 37.3 Å². The number of Topliss-reactive ketones (excluding diaryl/α,β-unsaturated/α-hetero) is 1. The van der Waals surface area contributed by atoms with E-state index in [1.807, 2.05) is 39.0 Å². The molecule has 0 amide bonds. The lowest BCUT2D eigenvalue weighted by Gasteiger charge is -2.62. The first-order valence-electron chi connectivity index (χ1n) is 15.9. The molecular formula is C34H43BrFNO7S. The van der Waals surface area contributed by atoms with Crippen LogP contribution in [0.2, 0.25) is 0 Å². The van der Waals surface area contributed by atoms with Gasteiger partial charge in [-0.3, -0.25) is 14.4 Å². The topological polar surface area (TPSA) is 111 Å². The van der Waals surface area contributed by atoms with Crippen LogP contribution in [-0.2, 0) is 35.1 Å². The molecule has 1 N–H and O–H groups in total. The molecule has 0 bridgehead atoms. The second-order valence-electron chi connectivity index (χ2n) is 13.3. The third kappa shape index (κ3) is 5.44. The highest BCUT2D eigenvalue weighted by atomic mass is 79.9. The Morgan fingerprint density at radius 3 is 2.56 bits per heavy atom. The summed E-state index contributed by atoms with van der Waals surface area (Å²) in [5.74, 6) is -3.05. The number of aliphatic hydroxyl groups is 1. The highest BCUT2D eigenvalue weighted by Crippen LogP contribution is 2.71. The predicted octanol–water partition coefficient (Wildman–Crippen LogP) is 6.69. The number of halogens is 2. The maximum atomic E-state index is 17.9. The van der Waals surface area contributed by atoms with E-state index in [-0.39, 0.29) is 25.2 Å². The quantitative estimate of drug-likeness (QED) is 0.164. The van der Waals surface area contributed by atoms with Crippen molar-refractivity contribution >= 4 is 50.7 Å². The fraction of sp³-hybridized carbons (Fsp3) is 0.647. The van der Waals surface area contributed by atoms with Gasteiger partial charge in [-0.05, 0) is 78.7 Å². The molecule has 5 rings (SSSR count). The molecule has 0 spiro atoms. The Kier molecular flexibility index (Phi) is 9.57. The van der Waals surface area contributed by atoms with Crippen molar-refractivity contribution in [3.63, 3.8) is 0 Å². The normalized spacial score (nSPS) is 37.7. The first kappa shape index (κ1) is 34.0. The van der Waals surface area contributed by atoms with Gasteiger partial charge in [-0.25, -0.2) is 4.39 Å². The van der Waals surface area contributed by atoms with Crippen LogP contribution in [0.15, 0.2) is 44.9 Å². The number of thiophene rings is 1. The molecular weight excluding hydrogens is 665 g/mol. The lowest BCUT2D eigenvalue weighted by molar-refractivity contribution is -0.228. The molecule has 246 valence electrons. The van der Waals surface area contributed by atoms with Crippen molar-refractivity contribution in [2.24, 2.45) is 33.7 Å². The van der Waals surface area contributed by atoms with Crippen LogP contribution in [0, 0.1) is 28.6 Å². The molecule has 8 nitrogen and oxygen atoms in total. The molecule has 4 aliphatic carbocycles. The van der Waals surface area contributed by atoms with Crippen molar-refractivity contribution in [1.29, 1.82) is 0 Å². The summed E-state index contributed by atoms with van der Waals surface area (Å²) in [5.41, 5.74) is -4.42. The van der Waals surface area contributed by atoms with Crippen LogP contribution in [0.25, 0.3) is 0 Å². The molecule has 1 aromatic heterocycles. The van der Waals surface area contributed by atoms with Crippen LogP contribution in [0.5, 0.6) is 0 Å². The molecule has 4 aliphatic rings. The van der Waals surface area contributed by atoms with Gasteiger partial charge in [-0.2, -0.15) is 0 Å². The summed E-state index contributed by atoms with van der Waals surface area (Å²) in [6.07, 6.45) is 6.24. The number of hydrogen-bond acceptors (Lipinski definition) is 9. The van der Waals surface area contributed by atoms with Crippen LogP contribution in [-0.4, -0.2) is 59.1 Å². The summed E-state index contributed by atoms with van der Waals surface area (Å²) in [4.78, 5) is 45.6. The Hall–Kier alpha value is -2.37. The van der Waals surface area contributed by atoms with Gasteiger partial charge in [0.1, 0.15) is 12.3 Å². The maximum Gasteiger partial charge on any atom is 0.306 e. The Morgan fingerprint density at radius 2 is 1.89 bits per heavy atom. The molecule has 0 unspecified atom stereocenters. The molecule has 3 fully saturated rings. The van der Waals surface area contributed by atoms with Crippen LogP contribution in [0.1, 0.15) is 78.0 Å². The lowest BCUT2D eigenvalue weighted by atomic mass is 9.44. The van der Waals surface area contributed by atoms with E-state index in [1.165, 1.54) is 4.88 Å². The lowest BCUT2D eigenvalue weighted by Crippen LogP contribution is -2.70. The highest BCUT2D eigenvalue weighted by Gasteiger charge is 2.77. The number of oxime groups is 1. The third-order valence-corrected chi connectivity index (χ3v) is 12.7. The smallest absolute Gasteiger partial charge is 0.306 e. The van der Waals surface area contributed by atoms with Gasteiger partial charge in [0.2, 0.25) is 5.78 Å². The maximum absolute atomic E-state index is 17.9. The van der Waals surface area contributed by atoms with Gasteiger partial charge in [-0.15, -0.1) is 11.3 Å². The highest BCUT2D eigenvalue weighted by molar-refractivity contribution is 9.11. The summed E-state index contributed by atoms with van der Waals surface area (Å²) in [5, 5.41) is 16.1. The van der Waals surface area contributed by atoms with E-state index in [2.05, 4.69) is 21.1 Å². The van der Waals surface area contributed by atoms with E-state index < -0.39 is 64.4 Å². The number of aliphatic hydroxyl groups excluding tert-OH is 1. The first-order valence-corrected chi connectivity index (χ1v) is 17.5. The minimum Gasteiger partial charge on any atom is -0.457 e.